The smallest absolute Gasteiger partial charge is 0.173 e. The molecule has 0 bridgehead atoms. The van der Waals surface area contributed by atoms with E-state index in [1.165, 1.54) is 0 Å². The van der Waals surface area contributed by atoms with Crippen molar-refractivity contribution in [3.8, 4) is 0 Å². The van der Waals surface area contributed by atoms with Crippen LogP contribution < -0.4 is 0 Å². The number of allylic oxidation sites excluding steroid dienone is 1. The molecule has 19 heavy (non-hydrogen) atoms. The van der Waals surface area contributed by atoms with E-state index in [0.717, 1.165) is 42.2 Å². The van der Waals surface area contributed by atoms with Crippen molar-refractivity contribution < 1.29 is 9.53 Å². The Labute approximate surface area is 123 Å². The monoisotopic (exact) mass is 299 g/mol. The summed E-state index contributed by atoms with van der Waals surface area (Å²) >= 11 is 0. The number of aliphatic imine (C=N–C) groups is 1. The summed E-state index contributed by atoms with van der Waals surface area (Å²) in [4.78, 5) is 15.5. The number of carbonyl (C=O) groups excluding carboxylic acids is 1. The van der Waals surface area contributed by atoms with Crippen LogP contribution in [-0.2, 0) is 9.53 Å². The van der Waals surface area contributed by atoms with Gasteiger partial charge in [0.2, 0.25) is 0 Å². The van der Waals surface area contributed by atoms with Crippen molar-refractivity contribution in [1.82, 2.24) is 0 Å². The summed E-state index contributed by atoms with van der Waals surface area (Å²) in [5.41, 5.74) is 0. The molecule has 0 aliphatic heterocycles. The fraction of sp³-hybridized carbons (Fsp3) is 0.571. The first kappa shape index (κ1) is 16.4. The summed E-state index contributed by atoms with van der Waals surface area (Å²) in [6.45, 7) is 9.41. The van der Waals surface area contributed by atoms with Gasteiger partial charge >= 0.3 is 0 Å². The van der Waals surface area contributed by atoms with Gasteiger partial charge in [-0.15, -0.1) is 0 Å². The Kier molecular flexibility index (Phi) is 7.98. The molecule has 1 rings (SSSR count). The number of Topliss-reactive ketones (excluding diaryl/α,β-unsaturated/α-hetero) is 1. The molecule has 1 atom stereocenters. The number of ether oxygens (including phenoxy) is 1. The first-order chi connectivity index (χ1) is 9.13. The average molecular weight is 299 g/mol. The van der Waals surface area contributed by atoms with Crippen molar-refractivity contribution in [2.75, 3.05) is 5.75 Å². The second-order valence-corrected chi connectivity index (χ2v) is 6.95. The van der Waals surface area contributed by atoms with Gasteiger partial charge in [-0.05, 0) is 37.0 Å². The first-order valence-corrected chi connectivity index (χ1v) is 8.77. The van der Waals surface area contributed by atoms with Crippen LogP contribution in [0.25, 0.3) is 0 Å². The van der Waals surface area contributed by atoms with Crippen molar-refractivity contribution in [2.45, 2.75) is 45.1 Å². The summed E-state index contributed by atoms with van der Waals surface area (Å²) in [5, 5.41) is 1.01. The van der Waals surface area contributed by atoms with Crippen molar-refractivity contribution in [3.05, 3.63) is 25.1 Å². The lowest BCUT2D eigenvalue weighted by molar-refractivity contribution is -0.125. The van der Waals surface area contributed by atoms with Gasteiger partial charge in [-0.3, -0.25) is 9.79 Å². The highest BCUT2D eigenvalue weighted by Gasteiger charge is 2.26. The Morgan fingerprint density at radius 1 is 1.63 bits per heavy atom. The standard InChI is InChI=1S/C14H21NO2S2/c1-4-15-12(3)19-18-10-6-7-11(2)17-14-9-5-8-13(14)16/h4,14H,1-2,5-10H2,3H3. The summed E-state index contributed by atoms with van der Waals surface area (Å²) in [6, 6.07) is 0. The molecule has 0 aromatic heterocycles. The van der Waals surface area contributed by atoms with Gasteiger partial charge in [-0.1, -0.05) is 24.0 Å². The predicted molar refractivity (Wildman–Crippen MR) is 85.5 cm³/mol. The highest BCUT2D eigenvalue weighted by Crippen LogP contribution is 2.26. The molecular weight excluding hydrogens is 278 g/mol. The lowest BCUT2D eigenvalue weighted by atomic mass is 10.2. The van der Waals surface area contributed by atoms with E-state index in [1.807, 2.05) is 6.92 Å². The molecule has 1 fully saturated rings. The Bertz CT molecular complexity index is 366. The normalized spacial score (nSPS) is 19.5. The molecular formula is C14H21NO2S2. The zero-order valence-electron chi connectivity index (χ0n) is 11.4. The molecule has 0 heterocycles. The van der Waals surface area contributed by atoms with Crippen molar-refractivity contribution in [1.29, 1.82) is 0 Å². The van der Waals surface area contributed by atoms with E-state index in [-0.39, 0.29) is 11.9 Å². The largest absolute Gasteiger partial charge is 0.488 e. The van der Waals surface area contributed by atoms with Gasteiger partial charge in [-0.2, -0.15) is 0 Å². The molecule has 1 aliphatic carbocycles. The molecule has 0 radical (unpaired) electrons. The Morgan fingerprint density at radius 2 is 2.42 bits per heavy atom. The van der Waals surface area contributed by atoms with Crippen LogP contribution in [0.15, 0.2) is 30.1 Å². The van der Waals surface area contributed by atoms with Crippen LogP contribution >= 0.6 is 21.6 Å². The van der Waals surface area contributed by atoms with E-state index < -0.39 is 0 Å². The Morgan fingerprint density at radius 3 is 3.05 bits per heavy atom. The summed E-state index contributed by atoms with van der Waals surface area (Å²) in [6.07, 6.45) is 5.60. The fourth-order valence-electron chi connectivity index (χ4n) is 1.77. The van der Waals surface area contributed by atoms with Crippen LogP contribution in [0.1, 0.15) is 39.0 Å². The quantitative estimate of drug-likeness (QED) is 0.219. The maximum Gasteiger partial charge on any atom is 0.173 e. The van der Waals surface area contributed by atoms with Crippen molar-refractivity contribution in [3.63, 3.8) is 0 Å². The SMILES string of the molecule is C=CN=C(C)SSCCCC(=C)OC1CCCC1=O. The van der Waals surface area contributed by atoms with Gasteiger partial charge < -0.3 is 4.74 Å². The third kappa shape index (κ3) is 6.87. The number of ketones is 1. The van der Waals surface area contributed by atoms with E-state index in [0.29, 0.717) is 6.42 Å². The van der Waals surface area contributed by atoms with E-state index in [2.05, 4.69) is 18.2 Å². The zero-order chi connectivity index (χ0) is 14.1. The minimum Gasteiger partial charge on any atom is -0.488 e. The van der Waals surface area contributed by atoms with Crippen LogP contribution in [0, 0.1) is 0 Å². The van der Waals surface area contributed by atoms with Gasteiger partial charge in [0.25, 0.3) is 0 Å². The van der Waals surface area contributed by atoms with Gasteiger partial charge in [0.05, 0.1) is 10.8 Å². The molecule has 0 amide bonds. The molecule has 1 aliphatic rings. The summed E-state index contributed by atoms with van der Waals surface area (Å²) in [7, 11) is 3.42. The lowest BCUT2D eigenvalue weighted by Crippen LogP contribution is -2.16. The van der Waals surface area contributed by atoms with Crippen LogP contribution in [0.5, 0.6) is 0 Å². The van der Waals surface area contributed by atoms with Crippen molar-refractivity contribution in [2.24, 2.45) is 4.99 Å². The lowest BCUT2D eigenvalue weighted by Gasteiger charge is -2.13. The van der Waals surface area contributed by atoms with Gasteiger partial charge in [0.15, 0.2) is 11.9 Å². The number of hydrogen-bond acceptors (Lipinski definition) is 5. The molecule has 0 saturated heterocycles. The fourth-order valence-corrected chi connectivity index (χ4v) is 3.65. The van der Waals surface area contributed by atoms with Crippen LogP contribution in [-0.4, -0.2) is 22.7 Å². The third-order valence-corrected chi connectivity index (χ3v) is 5.19. The molecule has 0 spiro atoms. The van der Waals surface area contributed by atoms with Crippen LogP contribution in [0.2, 0.25) is 0 Å². The molecule has 0 aromatic carbocycles. The zero-order valence-corrected chi connectivity index (χ0v) is 13.0. The molecule has 5 heteroatoms. The third-order valence-electron chi connectivity index (χ3n) is 2.69. The van der Waals surface area contributed by atoms with Crippen LogP contribution in [0.4, 0.5) is 0 Å². The number of rotatable bonds is 8. The average Bonchev–Trinajstić information content (AvgIpc) is 2.75. The second kappa shape index (κ2) is 9.26. The number of hydrogen-bond donors (Lipinski definition) is 0. The number of carbonyl (C=O) groups is 1. The molecule has 1 unspecified atom stereocenters. The van der Waals surface area contributed by atoms with Crippen LogP contribution in [0.3, 0.4) is 0 Å². The van der Waals surface area contributed by atoms with E-state index in [4.69, 9.17) is 4.74 Å². The molecule has 3 nitrogen and oxygen atoms in total. The minimum absolute atomic E-state index is 0.224. The molecule has 0 aromatic rings. The van der Waals surface area contributed by atoms with E-state index >= 15 is 0 Å². The first-order valence-electron chi connectivity index (χ1n) is 6.45. The summed E-state index contributed by atoms with van der Waals surface area (Å²) in [5.74, 6) is 1.97. The van der Waals surface area contributed by atoms with Crippen molar-refractivity contribution >= 4 is 32.4 Å². The van der Waals surface area contributed by atoms with E-state index in [9.17, 15) is 4.79 Å². The second-order valence-electron chi connectivity index (χ2n) is 4.34. The number of nitrogens with zero attached hydrogens (tertiary/aromatic N) is 1. The Hall–Kier alpha value is -0.680. The predicted octanol–water partition coefficient (Wildman–Crippen LogP) is 4.36. The molecule has 1 saturated carbocycles. The maximum absolute atomic E-state index is 11.4. The van der Waals surface area contributed by atoms with Gasteiger partial charge in [0.1, 0.15) is 0 Å². The van der Waals surface area contributed by atoms with E-state index in [1.54, 1.807) is 27.8 Å². The minimum atomic E-state index is -0.225. The highest BCUT2D eigenvalue weighted by molar-refractivity contribution is 8.82. The molecule has 0 N–H and O–H groups in total. The molecule has 106 valence electrons. The maximum atomic E-state index is 11.4. The highest BCUT2D eigenvalue weighted by atomic mass is 33.1. The van der Waals surface area contributed by atoms with Gasteiger partial charge in [-0.25, -0.2) is 0 Å². The summed E-state index contributed by atoms with van der Waals surface area (Å²) < 4.78 is 5.59. The Balaban J connectivity index is 2.06. The topological polar surface area (TPSA) is 38.7 Å². The van der Waals surface area contributed by atoms with Gasteiger partial charge in [0, 0.05) is 24.8 Å².